The second-order valence-electron chi connectivity index (χ2n) is 7.34. The number of anilines is 2. The molecule has 1 aromatic heterocycles. The monoisotopic (exact) mass is 406 g/mol. The topological polar surface area (TPSA) is 67.2 Å². The van der Waals surface area contributed by atoms with E-state index in [1.165, 1.54) is 17.3 Å². The van der Waals surface area contributed by atoms with E-state index >= 15 is 0 Å². The van der Waals surface area contributed by atoms with E-state index in [4.69, 9.17) is 0 Å². The smallest absolute Gasteiger partial charge is 0.252 e. The summed E-state index contributed by atoms with van der Waals surface area (Å²) >= 11 is 1.28. The molecule has 1 aliphatic rings. The molecule has 3 aromatic rings. The van der Waals surface area contributed by atoms with Crippen LogP contribution in [-0.2, 0) is 16.1 Å². The zero-order valence-corrected chi connectivity index (χ0v) is 17.4. The minimum atomic E-state index is -1.25. The second kappa shape index (κ2) is 7.40. The average Bonchev–Trinajstić information content (AvgIpc) is 3.13. The van der Waals surface area contributed by atoms with Crippen molar-refractivity contribution in [2.45, 2.75) is 30.0 Å². The molecule has 1 unspecified atom stereocenters. The lowest BCUT2D eigenvalue weighted by Gasteiger charge is -2.36. The Labute approximate surface area is 173 Å². The van der Waals surface area contributed by atoms with E-state index in [9.17, 15) is 9.59 Å². The zero-order valence-electron chi connectivity index (χ0n) is 16.5. The lowest BCUT2D eigenvalue weighted by molar-refractivity contribution is -0.128. The van der Waals surface area contributed by atoms with Crippen LogP contribution >= 0.6 is 11.8 Å². The van der Waals surface area contributed by atoms with Gasteiger partial charge in [0.1, 0.15) is 0 Å². The number of benzene rings is 2. The molecule has 29 heavy (non-hydrogen) atoms. The first-order chi connectivity index (χ1) is 13.9. The van der Waals surface area contributed by atoms with E-state index in [0.717, 1.165) is 16.1 Å². The maximum atomic E-state index is 13.1. The molecule has 7 heteroatoms. The SMILES string of the molecule is Cc1cccc(Cn2cc(NC(=O)C3(C)Sc4ccccc4N(C)C3=O)cn2)c1. The van der Waals surface area contributed by atoms with E-state index < -0.39 is 4.75 Å². The van der Waals surface area contributed by atoms with E-state index in [0.29, 0.717) is 12.2 Å². The van der Waals surface area contributed by atoms with E-state index in [1.807, 2.05) is 49.4 Å². The van der Waals surface area contributed by atoms with Gasteiger partial charge >= 0.3 is 0 Å². The minimum Gasteiger partial charge on any atom is -0.322 e. The molecule has 1 atom stereocenters. The quantitative estimate of drug-likeness (QED) is 0.671. The number of para-hydroxylation sites is 1. The largest absolute Gasteiger partial charge is 0.322 e. The Morgan fingerprint density at radius 1 is 1.21 bits per heavy atom. The van der Waals surface area contributed by atoms with Crippen LogP contribution in [0, 0.1) is 6.92 Å². The Morgan fingerprint density at radius 2 is 2.00 bits per heavy atom. The number of aromatic nitrogens is 2. The molecule has 0 bridgehead atoms. The van der Waals surface area contributed by atoms with Gasteiger partial charge in [0, 0.05) is 18.1 Å². The highest BCUT2D eigenvalue weighted by Crippen LogP contribution is 2.45. The number of amides is 2. The summed E-state index contributed by atoms with van der Waals surface area (Å²) in [5.74, 6) is -0.602. The third-order valence-electron chi connectivity index (χ3n) is 5.00. The second-order valence-corrected chi connectivity index (χ2v) is 8.80. The van der Waals surface area contributed by atoms with Crippen LogP contribution in [0.15, 0.2) is 65.8 Å². The first-order valence-corrected chi connectivity index (χ1v) is 10.1. The van der Waals surface area contributed by atoms with Crippen LogP contribution in [0.2, 0.25) is 0 Å². The first-order valence-electron chi connectivity index (χ1n) is 9.32. The standard InChI is InChI=1S/C22H22N4O2S/c1-15-7-6-8-16(11-15)13-26-14-17(12-23-26)24-20(27)22(2)21(28)25(3)18-9-4-5-10-19(18)29-22/h4-12,14H,13H2,1-3H3,(H,24,27). The van der Waals surface area contributed by atoms with Crippen molar-refractivity contribution in [1.82, 2.24) is 9.78 Å². The summed E-state index contributed by atoms with van der Waals surface area (Å²) in [4.78, 5) is 28.4. The first kappa shape index (κ1) is 19.3. The number of aryl methyl sites for hydroxylation is 1. The van der Waals surface area contributed by atoms with Crippen LogP contribution in [0.25, 0.3) is 0 Å². The fourth-order valence-electron chi connectivity index (χ4n) is 3.42. The van der Waals surface area contributed by atoms with Gasteiger partial charge in [-0.3, -0.25) is 14.3 Å². The maximum absolute atomic E-state index is 13.1. The van der Waals surface area contributed by atoms with Crippen LogP contribution in [0.5, 0.6) is 0 Å². The predicted molar refractivity (Wildman–Crippen MR) is 115 cm³/mol. The molecule has 0 spiro atoms. The van der Waals surface area contributed by atoms with Crippen molar-refractivity contribution in [3.05, 3.63) is 72.1 Å². The van der Waals surface area contributed by atoms with Crippen LogP contribution in [0.1, 0.15) is 18.1 Å². The van der Waals surface area contributed by atoms with Crippen molar-refractivity contribution in [1.29, 1.82) is 0 Å². The van der Waals surface area contributed by atoms with E-state index in [2.05, 4.69) is 16.5 Å². The number of nitrogens with zero attached hydrogens (tertiary/aromatic N) is 3. The minimum absolute atomic E-state index is 0.245. The molecule has 1 aliphatic heterocycles. The zero-order chi connectivity index (χ0) is 20.6. The lowest BCUT2D eigenvalue weighted by atomic mass is 10.1. The lowest BCUT2D eigenvalue weighted by Crippen LogP contribution is -2.53. The van der Waals surface area contributed by atoms with Crippen molar-refractivity contribution in [2.75, 3.05) is 17.3 Å². The van der Waals surface area contributed by atoms with Gasteiger partial charge in [-0.1, -0.05) is 53.7 Å². The molecule has 2 heterocycles. The Morgan fingerprint density at radius 3 is 2.79 bits per heavy atom. The fourth-order valence-corrected chi connectivity index (χ4v) is 4.68. The Kier molecular flexibility index (Phi) is 4.92. The molecule has 0 radical (unpaired) electrons. The molecule has 6 nitrogen and oxygen atoms in total. The van der Waals surface area contributed by atoms with Gasteiger partial charge in [0.2, 0.25) is 5.91 Å². The summed E-state index contributed by atoms with van der Waals surface area (Å²) in [7, 11) is 1.70. The number of nitrogens with one attached hydrogen (secondary N) is 1. The van der Waals surface area contributed by atoms with Crippen LogP contribution in [0.4, 0.5) is 11.4 Å². The number of rotatable bonds is 4. The van der Waals surface area contributed by atoms with Gasteiger partial charge in [-0.25, -0.2) is 0 Å². The fraction of sp³-hybridized carbons (Fsp3) is 0.227. The molecule has 0 fully saturated rings. The van der Waals surface area contributed by atoms with Gasteiger partial charge in [0.15, 0.2) is 4.75 Å². The molecule has 2 aromatic carbocycles. The number of carbonyl (C=O) groups excluding carboxylic acids is 2. The van der Waals surface area contributed by atoms with Gasteiger partial charge in [-0.2, -0.15) is 5.10 Å². The molecule has 148 valence electrons. The van der Waals surface area contributed by atoms with Gasteiger partial charge in [0.25, 0.3) is 5.91 Å². The normalized spacial score (nSPS) is 18.4. The molecule has 0 saturated carbocycles. The summed E-state index contributed by atoms with van der Waals surface area (Å²) in [5.41, 5.74) is 3.71. The Hall–Kier alpha value is -3.06. The highest BCUT2D eigenvalue weighted by molar-refractivity contribution is 8.02. The highest BCUT2D eigenvalue weighted by atomic mass is 32.2. The summed E-state index contributed by atoms with van der Waals surface area (Å²) in [5, 5.41) is 7.19. The van der Waals surface area contributed by atoms with Gasteiger partial charge in [0.05, 0.1) is 24.1 Å². The van der Waals surface area contributed by atoms with Crippen molar-refractivity contribution in [3.8, 4) is 0 Å². The van der Waals surface area contributed by atoms with Crippen molar-refractivity contribution in [2.24, 2.45) is 0 Å². The number of hydrogen-bond donors (Lipinski definition) is 1. The molecular formula is C22H22N4O2S. The molecule has 0 aliphatic carbocycles. The van der Waals surface area contributed by atoms with Crippen molar-refractivity contribution >= 4 is 35.0 Å². The third-order valence-corrected chi connectivity index (χ3v) is 6.34. The number of fused-ring (bicyclic) bond motifs is 1. The molecule has 4 rings (SSSR count). The molecule has 0 saturated heterocycles. The third kappa shape index (κ3) is 3.65. The molecule has 2 amide bonds. The highest BCUT2D eigenvalue weighted by Gasteiger charge is 2.48. The number of carbonyl (C=O) groups is 2. The Balaban J connectivity index is 1.51. The summed E-state index contributed by atoms with van der Waals surface area (Å²) in [6.07, 6.45) is 3.38. The van der Waals surface area contributed by atoms with Crippen LogP contribution in [-0.4, -0.2) is 33.4 Å². The summed E-state index contributed by atoms with van der Waals surface area (Å²) < 4.78 is 0.520. The van der Waals surface area contributed by atoms with Crippen molar-refractivity contribution in [3.63, 3.8) is 0 Å². The van der Waals surface area contributed by atoms with Crippen LogP contribution in [0.3, 0.4) is 0 Å². The number of thioether (sulfide) groups is 1. The van der Waals surface area contributed by atoms with Crippen molar-refractivity contribution < 1.29 is 9.59 Å². The van der Waals surface area contributed by atoms with Gasteiger partial charge in [-0.15, -0.1) is 0 Å². The summed E-state index contributed by atoms with van der Waals surface area (Å²) in [6.45, 7) is 4.32. The van der Waals surface area contributed by atoms with Gasteiger partial charge < -0.3 is 10.2 Å². The molecule has 1 N–H and O–H groups in total. The van der Waals surface area contributed by atoms with Crippen LogP contribution < -0.4 is 10.2 Å². The molecular weight excluding hydrogens is 384 g/mol. The average molecular weight is 407 g/mol. The maximum Gasteiger partial charge on any atom is 0.252 e. The Bertz CT molecular complexity index is 1090. The van der Waals surface area contributed by atoms with E-state index in [-0.39, 0.29) is 11.8 Å². The van der Waals surface area contributed by atoms with E-state index in [1.54, 1.807) is 35.9 Å². The van der Waals surface area contributed by atoms with Gasteiger partial charge in [-0.05, 0) is 31.5 Å². The number of hydrogen-bond acceptors (Lipinski definition) is 4. The summed E-state index contributed by atoms with van der Waals surface area (Å²) in [6, 6.07) is 15.8. The predicted octanol–water partition coefficient (Wildman–Crippen LogP) is 3.71.